The fourth-order valence-corrected chi connectivity index (χ4v) is 1.69. The molecular formula is C14H26O3. The van der Waals surface area contributed by atoms with E-state index < -0.39 is 12.2 Å². The van der Waals surface area contributed by atoms with Crippen molar-refractivity contribution in [3.05, 3.63) is 25.3 Å². The lowest BCUT2D eigenvalue weighted by molar-refractivity contribution is -0.114. The van der Waals surface area contributed by atoms with Crippen LogP contribution in [0.15, 0.2) is 25.3 Å². The Morgan fingerprint density at radius 1 is 0.941 bits per heavy atom. The SMILES string of the molecule is C=CCC(OC(CC=C)C(O)CC)C(O)CC. The first-order valence-corrected chi connectivity index (χ1v) is 6.33. The summed E-state index contributed by atoms with van der Waals surface area (Å²) >= 11 is 0. The molecule has 0 aliphatic heterocycles. The van der Waals surface area contributed by atoms with Crippen molar-refractivity contribution >= 4 is 0 Å². The first-order valence-electron chi connectivity index (χ1n) is 6.33. The van der Waals surface area contributed by atoms with E-state index in [0.717, 1.165) is 0 Å². The third-order valence-electron chi connectivity index (χ3n) is 2.84. The lowest BCUT2D eigenvalue weighted by atomic mass is 10.0. The molecular weight excluding hydrogens is 216 g/mol. The van der Waals surface area contributed by atoms with Gasteiger partial charge in [-0.1, -0.05) is 26.0 Å². The molecule has 0 aromatic carbocycles. The fraction of sp³-hybridized carbons (Fsp3) is 0.714. The maximum absolute atomic E-state index is 9.84. The summed E-state index contributed by atoms with van der Waals surface area (Å²) in [6.07, 6.45) is 4.22. The smallest absolute Gasteiger partial charge is 0.0873 e. The Bertz CT molecular complexity index is 194. The van der Waals surface area contributed by atoms with Crippen LogP contribution >= 0.6 is 0 Å². The summed E-state index contributed by atoms with van der Waals surface area (Å²) in [7, 11) is 0. The first kappa shape index (κ1) is 16.4. The quantitative estimate of drug-likeness (QED) is 0.578. The second-order valence-corrected chi connectivity index (χ2v) is 4.21. The lowest BCUT2D eigenvalue weighted by Gasteiger charge is -2.29. The molecule has 4 unspecified atom stereocenters. The normalized spacial score (nSPS) is 18.1. The minimum Gasteiger partial charge on any atom is -0.390 e. The van der Waals surface area contributed by atoms with Crippen molar-refractivity contribution in [1.82, 2.24) is 0 Å². The van der Waals surface area contributed by atoms with Gasteiger partial charge in [0.1, 0.15) is 0 Å². The summed E-state index contributed by atoms with van der Waals surface area (Å²) in [6.45, 7) is 11.1. The van der Waals surface area contributed by atoms with Gasteiger partial charge in [0.15, 0.2) is 0 Å². The van der Waals surface area contributed by atoms with Gasteiger partial charge in [-0.15, -0.1) is 13.2 Å². The molecule has 0 aromatic heterocycles. The van der Waals surface area contributed by atoms with E-state index in [2.05, 4.69) is 13.2 Å². The highest BCUT2D eigenvalue weighted by Gasteiger charge is 2.24. The van der Waals surface area contributed by atoms with Crippen molar-refractivity contribution in [1.29, 1.82) is 0 Å². The molecule has 100 valence electrons. The first-order chi connectivity index (χ1) is 8.10. The van der Waals surface area contributed by atoms with Crippen LogP contribution in [0, 0.1) is 0 Å². The molecule has 0 aliphatic rings. The second kappa shape index (κ2) is 9.40. The van der Waals surface area contributed by atoms with E-state index in [0.29, 0.717) is 25.7 Å². The molecule has 0 radical (unpaired) electrons. The Hall–Kier alpha value is -0.640. The van der Waals surface area contributed by atoms with Crippen LogP contribution in [0.25, 0.3) is 0 Å². The summed E-state index contributed by atoms with van der Waals surface area (Å²) < 4.78 is 5.79. The standard InChI is InChI=1S/C14H26O3/c1-5-9-13(11(15)7-3)17-14(10-6-2)12(16)8-4/h5-6,11-16H,1-2,7-10H2,3-4H3. The van der Waals surface area contributed by atoms with E-state index in [1.807, 2.05) is 13.8 Å². The Morgan fingerprint density at radius 2 is 1.29 bits per heavy atom. The van der Waals surface area contributed by atoms with E-state index in [9.17, 15) is 10.2 Å². The van der Waals surface area contributed by atoms with Gasteiger partial charge >= 0.3 is 0 Å². The van der Waals surface area contributed by atoms with Crippen molar-refractivity contribution in [3.63, 3.8) is 0 Å². The van der Waals surface area contributed by atoms with Crippen molar-refractivity contribution in [2.45, 2.75) is 63.9 Å². The summed E-state index contributed by atoms with van der Waals surface area (Å²) in [6, 6.07) is 0. The number of hydrogen-bond acceptors (Lipinski definition) is 3. The monoisotopic (exact) mass is 242 g/mol. The van der Waals surface area contributed by atoms with Crippen LogP contribution in [0.3, 0.4) is 0 Å². The molecule has 0 rings (SSSR count). The van der Waals surface area contributed by atoms with E-state index in [1.54, 1.807) is 12.2 Å². The molecule has 2 N–H and O–H groups in total. The fourth-order valence-electron chi connectivity index (χ4n) is 1.69. The minimum atomic E-state index is -0.524. The Morgan fingerprint density at radius 3 is 1.53 bits per heavy atom. The molecule has 0 saturated carbocycles. The second-order valence-electron chi connectivity index (χ2n) is 4.21. The summed E-state index contributed by atoms with van der Waals surface area (Å²) in [5, 5.41) is 19.7. The summed E-state index contributed by atoms with van der Waals surface area (Å²) in [4.78, 5) is 0. The van der Waals surface area contributed by atoms with Crippen LogP contribution in [0.5, 0.6) is 0 Å². The zero-order chi connectivity index (χ0) is 13.3. The van der Waals surface area contributed by atoms with Gasteiger partial charge in [0.25, 0.3) is 0 Å². The maximum Gasteiger partial charge on any atom is 0.0873 e. The minimum absolute atomic E-state index is 0.302. The topological polar surface area (TPSA) is 49.7 Å². The molecule has 0 fully saturated rings. The van der Waals surface area contributed by atoms with Crippen LogP contribution in [-0.2, 0) is 4.74 Å². The van der Waals surface area contributed by atoms with Gasteiger partial charge in [-0.25, -0.2) is 0 Å². The molecule has 0 heterocycles. The zero-order valence-corrected chi connectivity index (χ0v) is 11.0. The van der Waals surface area contributed by atoms with Crippen molar-refractivity contribution in [2.24, 2.45) is 0 Å². The van der Waals surface area contributed by atoms with E-state index in [1.165, 1.54) is 0 Å². The van der Waals surface area contributed by atoms with Crippen molar-refractivity contribution in [3.8, 4) is 0 Å². The van der Waals surface area contributed by atoms with Gasteiger partial charge < -0.3 is 14.9 Å². The van der Waals surface area contributed by atoms with Crippen LogP contribution in [-0.4, -0.2) is 34.6 Å². The van der Waals surface area contributed by atoms with Gasteiger partial charge in [-0.05, 0) is 25.7 Å². The summed E-state index contributed by atoms with van der Waals surface area (Å²) in [5.41, 5.74) is 0. The van der Waals surface area contributed by atoms with Crippen LogP contribution in [0.4, 0.5) is 0 Å². The van der Waals surface area contributed by atoms with Gasteiger partial charge in [-0.3, -0.25) is 0 Å². The third-order valence-corrected chi connectivity index (χ3v) is 2.84. The molecule has 4 atom stereocenters. The van der Waals surface area contributed by atoms with Gasteiger partial charge in [-0.2, -0.15) is 0 Å². The Balaban J connectivity index is 4.53. The predicted molar refractivity (Wildman–Crippen MR) is 70.9 cm³/mol. The average Bonchev–Trinajstić information content (AvgIpc) is 2.35. The van der Waals surface area contributed by atoms with E-state index >= 15 is 0 Å². The van der Waals surface area contributed by atoms with Crippen LogP contribution in [0.1, 0.15) is 39.5 Å². The molecule has 0 spiro atoms. The predicted octanol–water partition coefficient (Wildman–Crippen LogP) is 2.43. The number of rotatable bonds is 10. The van der Waals surface area contributed by atoms with Crippen molar-refractivity contribution in [2.75, 3.05) is 0 Å². The molecule has 3 nitrogen and oxygen atoms in total. The van der Waals surface area contributed by atoms with E-state index in [4.69, 9.17) is 4.74 Å². The summed E-state index contributed by atoms with van der Waals surface area (Å²) in [5.74, 6) is 0. The maximum atomic E-state index is 9.84. The zero-order valence-electron chi connectivity index (χ0n) is 11.0. The molecule has 0 aliphatic carbocycles. The Labute approximate surface area is 105 Å². The molecule has 3 heteroatoms. The van der Waals surface area contributed by atoms with Crippen molar-refractivity contribution < 1.29 is 14.9 Å². The Kier molecular flexibility index (Phi) is 9.04. The number of ether oxygens (including phenoxy) is 1. The lowest BCUT2D eigenvalue weighted by Crippen LogP contribution is -2.37. The highest BCUT2D eigenvalue weighted by atomic mass is 16.5. The molecule has 0 bridgehead atoms. The highest BCUT2D eigenvalue weighted by Crippen LogP contribution is 2.17. The average molecular weight is 242 g/mol. The van der Waals surface area contributed by atoms with E-state index in [-0.39, 0.29) is 12.2 Å². The largest absolute Gasteiger partial charge is 0.390 e. The van der Waals surface area contributed by atoms with Crippen LogP contribution in [0.2, 0.25) is 0 Å². The number of hydrogen-bond donors (Lipinski definition) is 2. The molecule has 0 saturated heterocycles. The number of aliphatic hydroxyl groups excluding tert-OH is 2. The van der Waals surface area contributed by atoms with Crippen LogP contribution < -0.4 is 0 Å². The highest BCUT2D eigenvalue weighted by molar-refractivity contribution is 4.84. The van der Waals surface area contributed by atoms with Gasteiger partial charge in [0.05, 0.1) is 24.4 Å². The molecule has 0 aromatic rings. The molecule has 0 amide bonds. The van der Waals surface area contributed by atoms with Gasteiger partial charge in [0, 0.05) is 0 Å². The molecule has 17 heavy (non-hydrogen) atoms. The van der Waals surface area contributed by atoms with Gasteiger partial charge in [0.2, 0.25) is 0 Å². The number of aliphatic hydroxyl groups is 2. The third kappa shape index (κ3) is 6.01.